The summed E-state index contributed by atoms with van der Waals surface area (Å²) in [4.78, 5) is 14.5. The summed E-state index contributed by atoms with van der Waals surface area (Å²) >= 11 is 0. The minimum Gasteiger partial charge on any atom is -0.497 e. The van der Waals surface area contributed by atoms with Crippen LogP contribution in [0.5, 0.6) is 5.75 Å². The summed E-state index contributed by atoms with van der Waals surface area (Å²) in [6, 6.07) is 12.5. The molecular formula is C22H27NO2. The van der Waals surface area contributed by atoms with Crippen LogP contribution >= 0.6 is 0 Å². The van der Waals surface area contributed by atoms with Gasteiger partial charge in [-0.05, 0) is 71.6 Å². The number of ether oxygens (including phenoxy) is 1. The van der Waals surface area contributed by atoms with Crippen LogP contribution in [0, 0.1) is 17.8 Å². The molecule has 2 bridgehead atoms. The van der Waals surface area contributed by atoms with Crippen molar-refractivity contribution >= 4 is 16.7 Å². The molecule has 132 valence electrons. The number of nitrogens with zero attached hydrogens (tertiary/aromatic N) is 1. The summed E-state index contributed by atoms with van der Waals surface area (Å²) in [7, 11) is 3.63. The van der Waals surface area contributed by atoms with Crippen LogP contribution in [0.15, 0.2) is 36.4 Å². The number of carbonyl (C=O) groups excluding carboxylic acids is 1. The third-order valence-corrected chi connectivity index (χ3v) is 6.28. The van der Waals surface area contributed by atoms with Crippen molar-refractivity contribution in [2.45, 2.75) is 38.6 Å². The van der Waals surface area contributed by atoms with Crippen molar-refractivity contribution in [2.24, 2.45) is 17.8 Å². The summed E-state index contributed by atoms with van der Waals surface area (Å²) in [5.74, 6) is 3.53. The molecule has 3 atom stereocenters. The fourth-order valence-corrected chi connectivity index (χ4v) is 4.87. The number of amides is 1. The Morgan fingerprint density at radius 1 is 1.12 bits per heavy atom. The zero-order valence-electron chi connectivity index (χ0n) is 15.2. The molecule has 1 amide bonds. The number of benzene rings is 2. The highest BCUT2D eigenvalue weighted by atomic mass is 16.5. The maximum Gasteiger partial charge on any atom is 0.222 e. The second kappa shape index (κ2) is 6.70. The van der Waals surface area contributed by atoms with Gasteiger partial charge in [0.15, 0.2) is 0 Å². The molecule has 2 aliphatic rings. The van der Waals surface area contributed by atoms with Crippen molar-refractivity contribution in [1.29, 1.82) is 0 Å². The van der Waals surface area contributed by atoms with Gasteiger partial charge in [0, 0.05) is 20.0 Å². The van der Waals surface area contributed by atoms with E-state index in [1.165, 1.54) is 42.0 Å². The lowest BCUT2D eigenvalue weighted by atomic mass is 9.86. The van der Waals surface area contributed by atoms with Crippen molar-refractivity contribution in [3.63, 3.8) is 0 Å². The monoisotopic (exact) mass is 337 g/mol. The molecular weight excluding hydrogens is 310 g/mol. The quantitative estimate of drug-likeness (QED) is 0.796. The van der Waals surface area contributed by atoms with Crippen LogP contribution < -0.4 is 4.74 Å². The molecule has 3 nitrogen and oxygen atoms in total. The maximum atomic E-state index is 12.6. The molecule has 2 aliphatic carbocycles. The van der Waals surface area contributed by atoms with Crippen molar-refractivity contribution in [2.75, 3.05) is 14.2 Å². The van der Waals surface area contributed by atoms with Crippen molar-refractivity contribution < 1.29 is 9.53 Å². The molecule has 0 saturated heterocycles. The van der Waals surface area contributed by atoms with Gasteiger partial charge < -0.3 is 9.64 Å². The molecule has 0 aliphatic heterocycles. The van der Waals surface area contributed by atoms with Gasteiger partial charge in [-0.15, -0.1) is 0 Å². The van der Waals surface area contributed by atoms with Gasteiger partial charge in [-0.1, -0.05) is 24.6 Å². The zero-order valence-corrected chi connectivity index (χ0v) is 15.2. The summed E-state index contributed by atoms with van der Waals surface area (Å²) in [6.07, 6.45) is 6.13. The first-order chi connectivity index (χ1) is 12.1. The van der Waals surface area contributed by atoms with Crippen molar-refractivity contribution in [3.8, 4) is 5.75 Å². The van der Waals surface area contributed by atoms with Gasteiger partial charge in [0.1, 0.15) is 5.75 Å². The number of methoxy groups -OCH3 is 1. The first-order valence-corrected chi connectivity index (χ1v) is 9.43. The predicted octanol–water partition coefficient (Wildman–Crippen LogP) is 4.63. The normalized spacial score (nSPS) is 24.6. The van der Waals surface area contributed by atoms with E-state index < -0.39 is 0 Å². The van der Waals surface area contributed by atoms with E-state index in [-0.39, 0.29) is 0 Å². The van der Waals surface area contributed by atoms with Crippen molar-refractivity contribution in [3.05, 3.63) is 42.0 Å². The molecule has 0 radical (unpaired) electrons. The van der Waals surface area contributed by atoms with E-state index in [0.717, 1.165) is 24.0 Å². The molecule has 3 heteroatoms. The fourth-order valence-electron chi connectivity index (χ4n) is 4.87. The lowest BCUT2D eigenvalue weighted by molar-refractivity contribution is -0.131. The van der Waals surface area contributed by atoms with E-state index in [1.54, 1.807) is 7.11 Å². The van der Waals surface area contributed by atoms with Gasteiger partial charge in [-0.3, -0.25) is 4.79 Å². The summed E-state index contributed by atoms with van der Waals surface area (Å²) < 4.78 is 5.28. The van der Waals surface area contributed by atoms with E-state index in [1.807, 2.05) is 24.1 Å². The van der Waals surface area contributed by atoms with Gasteiger partial charge in [-0.2, -0.15) is 0 Å². The Morgan fingerprint density at radius 2 is 1.92 bits per heavy atom. The second-order valence-electron chi connectivity index (χ2n) is 7.94. The van der Waals surface area contributed by atoms with Crippen LogP contribution in [0.1, 0.15) is 37.7 Å². The number of hydrogen-bond acceptors (Lipinski definition) is 2. The topological polar surface area (TPSA) is 29.5 Å². The molecule has 4 rings (SSSR count). The lowest BCUT2D eigenvalue weighted by Gasteiger charge is -2.24. The lowest BCUT2D eigenvalue weighted by Crippen LogP contribution is -2.29. The van der Waals surface area contributed by atoms with Gasteiger partial charge >= 0.3 is 0 Å². The Kier molecular flexibility index (Phi) is 4.41. The highest BCUT2D eigenvalue weighted by Gasteiger charge is 2.40. The van der Waals surface area contributed by atoms with Crippen LogP contribution in [-0.4, -0.2) is 25.0 Å². The van der Waals surface area contributed by atoms with Crippen LogP contribution in [0.3, 0.4) is 0 Å². The second-order valence-corrected chi connectivity index (χ2v) is 7.94. The smallest absolute Gasteiger partial charge is 0.222 e. The number of fused-ring (bicyclic) bond motifs is 3. The molecule has 0 spiro atoms. The van der Waals surface area contributed by atoms with Crippen LogP contribution in [0.25, 0.3) is 10.8 Å². The third kappa shape index (κ3) is 3.37. The van der Waals surface area contributed by atoms with E-state index in [0.29, 0.717) is 18.4 Å². The fraction of sp³-hybridized carbons (Fsp3) is 0.500. The van der Waals surface area contributed by atoms with Crippen LogP contribution in [0.2, 0.25) is 0 Å². The molecule has 2 aromatic rings. The summed E-state index contributed by atoms with van der Waals surface area (Å²) in [5.41, 5.74) is 1.18. The number of rotatable bonds is 5. The zero-order chi connectivity index (χ0) is 17.4. The number of hydrogen-bond donors (Lipinski definition) is 0. The van der Waals surface area contributed by atoms with E-state index >= 15 is 0 Å². The highest BCUT2D eigenvalue weighted by Crippen LogP contribution is 2.49. The highest BCUT2D eigenvalue weighted by molar-refractivity contribution is 5.84. The van der Waals surface area contributed by atoms with Gasteiger partial charge in [0.25, 0.3) is 0 Å². The largest absolute Gasteiger partial charge is 0.497 e. The average Bonchev–Trinajstić information content (AvgIpc) is 3.24. The van der Waals surface area contributed by atoms with E-state index in [9.17, 15) is 4.79 Å². The average molecular weight is 337 g/mol. The Balaban J connectivity index is 1.40. The van der Waals surface area contributed by atoms with E-state index in [4.69, 9.17) is 4.74 Å². The van der Waals surface area contributed by atoms with Crippen LogP contribution in [-0.2, 0) is 11.3 Å². The summed E-state index contributed by atoms with van der Waals surface area (Å²) in [5, 5.41) is 2.35. The molecule has 25 heavy (non-hydrogen) atoms. The summed E-state index contributed by atoms with van der Waals surface area (Å²) in [6.45, 7) is 0.682. The molecule has 2 saturated carbocycles. The Hall–Kier alpha value is -2.03. The molecule has 2 aromatic carbocycles. The van der Waals surface area contributed by atoms with Gasteiger partial charge in [-0.25, -0.2) is 0 Å². The standard InChI is InChI=1S/C22H27NO2/c1-23(22(24)13-20-10-15-3-5-18(20)9-15)14-16-4-6-19-12-21(25-2)8-7-17(19)11-16/h4,6-8,11-12,15,18,20H,3,5,9-10,13-14H2,1-2H3/t15-,18+,20-/m0/s1. The molecule has 2 fully saturated rings. The predicted molar refractivity (Wildman–Crippen MR) is 101 cm³/mol. The molecule has 0 unspecified atom stereocenters. The Bertz CT molecular complexity index is 785. The molecule has 0 heterocycles. The SMILES string of the molecule is COc1ccc2cc(CN(C)C(=O)C[C@@H]3C[C@H]4CC[C@@H]3C4)ccc2c1. The van der Waals surface area contributed by atoms with Crippen molar-refractivity contribution in [1.82, 2.24) is 4.90 Å². The third-order valence-electron chi connectivity index (χ3n) is 6.28. The maximum absolute atomic E-state index is 12.6. The van der Waals surface area contributed by atoms with Gasteiger partial charge in [0.2, 0.25) is 5.91 Å². The first-order valence-electron chi connectivity index (χ1n) is 9.43. The first kappa shape index (κ1) is 16.4. The van der Waals surface area contributed by atoms with E-state index in [2.05, 4.69) is 24.3 Å². The minimum atomic E-state index is 0.298. The Labute approximate surface area is 150 Å². The molecule has 0 aromatic heterocycles. The molecule has 0 N–H and O–H groups in total. The minimum absolute atomic E-state index is 0.298. The van der Waals surface area contributed by atoms with Crippen LogP contribution in [0.4, 0.5) is 0 Å². The Morgan fingerprint density at radius 3 is 2.64 bits per heavy atom. The number of carbonyl (C=O) groups is 1. The van der Waals surface area contributed by atoms with Gasteiger partial charge in [0.05, 0.1) is 7.11 Å².